The summed E-state index contributed by atoms with van der Waals surface area (Å²) in [6.07, 6.45) is 0. The summed E-state index contributed by atoms with van der Waals surface area (Å²) >= 11 is 0. The van der Waals surface area contributed by atoms with Crippen molar-refractivity contribution in [2.45, 2.75) is 6.54 Å². The van der Waals surface area contributed by atoms with Crippen LogP contribution in [0.25, 0.3) is 11.1 Å². The van der Waals surface area contributed by atoms with E-state index < -0.39 is 0 Å². The van der Waals surface area contributed by atoms with Gasteiger partial charge < -0.3 is 10.5 Å². The van der Waals surface area contributed by atoms with Crippen molar-refractivity contribution in [3.63, 3.8) is 0 Å². The lowest BCUT2D eigenvalue weighted by Crippen LogP contribution is -1.95. The molecule has 0 saturated heterocycles. The summed E-state index contributed by atoms with van der Waals surface area (Å²) in [7, 11) is 0. The highest BCUT2D eigenvalue weighted by Crippen LogP contribution is 2.33. The molecule has 0 heterocycles. The van der Waals surface area contributed by atoms with E-state index >= 15 is 0 Å². The van der Waals surface area contributed by atoms with Gasteiger partial charge in [-0.2, -0.15) is 0 Å². The second-order valence-corrected chi connectivity index (χ2v) is 4.81. The van der Waals surface area contributed by atoms with Gasteiger partial charge in [0.05, 0.1) is 0 Å². The van der Waals surface area contributed by atoms with Gasteiger partial charge in [0.15, 0.2) is 0 Å². The maximum atomic E-state index is 6.02. The summed E-state index contributed by atoms with van der Waals surface area (Å²) in [5.74, 6) is 1.67. The largest absolute Gasteiger partial charge is 0.457 e. The number of hydrogen-bond donors (Lipinski definition) is 1. The fourth-order valence-corrected chi connectivity index (χ4v) is 2.23. The molecule has 0 aliphatic carbocycles. The van der Waals surface area contributed by atoms with E-state index in [4.69, 9.17) is 10.5 Å². The van der Waals surface area contributed by atoms with Gasteiger partial charge >= 0.3 is 0 Å². The molecule has 104 valence electrons. The molecule has 2 N–H and O–H groups in total. The number of benzene rings is 3. The van der Waals surface area contributed by atoms with Crippen LogP contribution in [0.5, 0.6) is 11.5 Å². The topological polar surface area (TPSA) is 35.2 Å². The number of ether oxygens (including phenoxy) is 1. The van der Waals surface area contributed by atoms with Crippen molar-refractivity contribution in [3.05, 3.63) is 84.4 Å². The zero-order valence-corrected chi connectivity index (χ0v) is 11.7. The molecule has 0 spiro atoms. The molecule has 2 nitrogen and oxygen atoms in total. The van der Waals surface area contributed by atoms with Gasteiger partial charge in [-0.15, -0.1) is 0 Å². The first-order valence-electron chi connectivity index (χ1n) is 6.98. The van der Waals surface area contributed by atoms with Crippen LogP contribution in [-0.2, 0) is 6.54 Å². The molecule has 0 atom stereocenters. The van der Waals surface area contributed by atoms with E-state index in [9.17, 15) is 0 Å². The standard InChI is InChI=1S/C19H17NO/c20-14-15-10-12-17(13-11-15)21-19-9-5-4-8-18(19)16-6-2-1-3-7-16/h1-13H,14,20H2. The number of rotatable bonds is 4. The number of hydrogen-bond acceptors (Lipinski definition) is 2. The number of para-hydroxylation sites is 1. The average molecular weight is 275 g/mol. The molecule has 0 bridgehead atoms. The van der Waals surface area contributed by atoms with Gasteiger partial charge in [-0.1, -0.05) is 60.7 Å². The lowest BCUT2D eigenvalue weighted by Gasteiger charge is -2.11. The van der Waals surface area contributed by atoms with Crippen molar-refractivity contribution in [2.24, 2.45) is 5.73 Å². The summed E-state index contributed by atoms with van der Waals surface area (Å²) in [4.78, 5) is 0. The molecule has 2 heteroatoms. The predicted molar refractivity (Wildman–Crippen MR) is 86.3 cm³/mol. The first-order valence-corrected chi connectivity index (χ1v) is 6.98. The Morgan fingerprint density at radius 2 is 1.38 bits per heavy atom. The van der Waals surface area contributed by atoms with Crippen LogP contribution in [0.3, 0.4) is 0 Å². The van der Waals surface area contributed by atoms with Crippen molar-refractivity contribution < 1.29 is 4.74 Å². The number of nitrogens with two attached hydrogens (primary N) is 1. The van der Waals surface area contributed by atoms with E-state index in [0.29, 0.717) is 6.54 Å². The molecule has 3 aromatic carbocycles. The molecule has 3 rings (SSSR count). The first kappa shape index (κ1) is 13.4. The van der Waals surface area contributed by atoms with Gasteiger partial charge in [-0.3, -0.25) is 0 Å². The highest BCUT2D eigenvalue weighted by atomic mass is 16.5. The Hall–Kier alpha value is -2.58. The Kier molecular flexibility index (Phi) is 3.99. The molecule has 0 aliphatic rings. The SMILES string of the molecule is NCc1ccc(Oc2ccccc2-c2ccccc2)cc1. The molecule has 0 fully saturated rings. The van der Waals surface area contributed by atoms with Crippen LogP contribution >= 0.6 is 0 Å². The molecule has 0 amide bonds. The molecular weight excluding hydrogens is 258 g/mol. The third-order valence-electron chi connectivity index (χ3n) is 3.36. The van der Waals surface area contributed by atoms with Crippen molar-refractivity contribution in [1.29, 1.82) is 0 Å². The van der Waals surface area contributed by atoms with Gasteiger partial charge in [0.1, 0.15) is 11.5 Å². The van der Waals surface area contributed by atoms with Crippen LogP contribution in [0.15, 0.2) is 78.9 Å². The first-order chi connectivity index (χ1) is 10.4. The average Bonchev–Trinajstić information content (AvgIpc) is 2.57. The molecule has 3 aromatic rings. The van der Waals surface area contributed by atoms with E-state index in [-0.39, 0.29) is 0 Å². The highest BCUT2D eigenvalue weighted by molar-refractivity contribution is 5.70. The molecule has 0 radical (unpaired) electrons. The Bertz CT molecular complexity index is 705. The molecular formula is C19H17NO. The lowest BCUT2D eigenvalue weighted by molar-refractivity contribution is 0.484. The van der Waals surface area contributed by atoms with Crippen LogP contribution in [0.4, 0.5) is 0 Å². The Morgan fingerprint density at radius 1 is 0.714 bits per heavy atom. The van der Waals surface area contributed by atoms with Crippen molar-refractivity contribution in [3.8, 4) is 22.6 Å². The third-order valence-corrected chi connectivity index (χ3v) is 3.36. The van der Waals surface area contributed by atoms with Gasteiger partial charge in [-0.05, 0) is 29.3 Å². The maximum absolute atomic E-state index is 6.02. The summed E-state index contributed by atoms with van der Waals surface area (Å²) in [5, 5.41) is 0. The third kappa shape index (κ3) is 3.12. The van der Waals surface area contributed by atoms with Gasteiger partial charge in [0, 0.05) is 12.1 Å². The van der Waals surface area contributed by atoms with Crippen LogP contribution in [0, 0.1) is 0 Å². The van der Waals surface area contributed by atoms with E-state index in [0.717, 1.165) is 28.2 Å². The van der Waals surface area contributed by atoms with Crippen molar-refractivity contribution in [1.82, 2.24) is 0 Å². The summed E-state index contributed by atoms with van der Waals surface area (Å²) in [6, 6.07) is 26.2. The minimum Gasteiger partial charge on any atom is -0.457 e. The van der Waals surface area contributed by atoms with Gasteiger partial charge in [-0.25, -0.2) is 0 Å². The van der Waals surface area contributed by atoms with Crippen LogP contribution in [0.2, 0.25) is 0 Å². The molecule has 0 saturated carbocycles. The van der Waals surface area contributed by atoms with E-state index in [1.165, 1.54) is 0 Å². The van der Waals surface area contributed by atoms with E-state index in [2.05, 4.69) is 18.2 Å². The molecule has 0 aromatic heterocycles. The van der Waals surface area contributed by atoms with Crippen LogP contribution < -0.4 is 10.5 Å². The van der Waals surface area contributed by atoms with E-state index in [1.807, 2.05) is 60.7 Å². The summed E-state index contributed by atoms with van der Waals surface area (Å²) in [5.41, 5.74) is 8.94. The monoisotopic (exact) mass is 275 g/mol. The zero-order chi connectivity index (χ0) is 14.5. The van der Waals surface area contributed by atoms with Crippen LogP contribution in [-0.4, -0.2) is 0 Å². The molecule has 0 aliphatic heterocycles. The van der Waals surface area contributed by atoms with Crippen LogP contribution in [0.1, 0.15) is 5.56 Å². The fourth-order valence-electron chi connectivity index (χ4n) is 2.23. The normalized spacial score (nSPS) is 10.3. The van der Waals surface area contributed by atoms with Crippen molar-refractivity contribution in [2.75, 3.05) is 0 Å². The second-order valence-electron chi connectivity index (χ2n) is 4.81. The summed E-state index contributed by atoms with van der Waals surface area (Å²) in [6.45, 7) is 0.543. The van der Waals surface area contributed by atoms with Crippen molar-refractivity contribution >= 4 is 0 Å². The smallest absolute Gasteiger partial charge is 0.135 e. The molecule has 0 unspecified atom stereocenters. The Balaban J connectivity index is 1.92. The van der Waals surface area contributed by atoms with E-state index in [1.54, 1.807) is 0 Å². The predicted octanol–water partition coefficient (Wildman–Crippen LogP) is 4.60. The second kappa shape index (κ2) is 6.25. The minimum absolute atomic E-state index is 0.543. The minimum atomic E-state index is 0.543. The lowest BCUT2D eigenvalue weighted by atomic mass is 10.0. The highest BCUT2D eigenvalue weighted by Gasteiger charge is 2.06. The molecule has 21 heavy (non-hydrogen) atoms. The zero-order valence-electron chi connectivity index (χ0n) is 11.7. The fraction of sp³-hybridized carbons (Fsp3) is 0.0526. The Morgan fingerprint density at radius 3 is 2.10 bits per heavy atom. The van der Waals surface area contributed by atoms with Gasteiger partial charge in [0.25, 0.3) is 0 Å². The Labute approximate surface area is 124 Å². The van der Waals surface area contributed by atoms with Gasteiger partial charge in [0.2, 0.25) is 0 Å². The quantitative estimate of drug-likeness (QED) is 0.755. The maximum Gasteiger partial charge on any atom is 0.135 e. The summed E-state index contributed by atoms with van der Waals surface area (Å²) < 4.78 is 6.02.